The highest BCUT2D eigenvalue weighted by molar-refractivity contribution is 8.01. The van der Waals surface area contributed by atoms with E-state index < -0.39 is 0 Å². The number of fused-ring (bicyclic) bond motifs is 1. The second-order valence-corrected chi connectivity index (χ2v) is 5.89. The van der Waals surface area contributed by atoms with E-state index in [9.17, 15) is 4.79 Å². The molecule has 0 saturated carbocycles. The minimum atomic E-state index is -0.00244. The maximum absolute atomic E-state index is 12.4. The standard InChI is InChI=1S/C14H15N3OS/c1-17(9-13-15-6-7-16-13)14(18)12-8-10-4-2-3-5-11(10)19-12/h2-7,12H,8-9H2,1H3,(H,15,16). The van der Waals surface area contributed by atoms with E-state index in [0.717, 1.165) is 12.2 Å². The van der Waals surface area contributed by atoms with Gasteiger partial charge in [0.15, 0.2) is 0 Å². The van der Waals surface area contributed by atoms with Crippen LogP contribution in [0.4, 0.5) is 0 Å². The topological polar surface area (TPSA) is 49.0 Å². The van der Waals surface area contributed by atoms with Crippen molar-refractivity contribution in [1.29, 1.82) is 0 Å². The van der Waals surface area contributed by atoms with Gasteiger partial charge < -0.3 is 9.88 Å². The van der Waals surface area contributed by atoms with Crippen molar-refractivity contribution in [1.82, 2.24) is 14.9 Å². The summed E-state index contributed by atoms with van der Waals surface area (Å²) in [6.07, 6.45) is 4.30. The Bertz CT molecular complexity index is 557. The molecule has 0 aliphatic carbocycles. The summed E-state index contributed by atoms with van der Waals surface area (Å²) in [7, 11) is 1.83. The first-order chi connectivity index (χ1) is 9.24. The van der Waals surface area contributed by atoms with Gasteiger partial charge in [-0.2, -0.15) is 0 Å². The summed E-state index contributed by atoms with van der Waals surface area (Å²) in [5.74, 6) is 0.981. The zero-order chi connectivity index (χ0) is 13.2. The van der Waals surface area contributed by atoms with Crippen LogP contribution in [0.5, 0.6) is 0 Å². The number of benzene rings is 1. The molecule has 2 heterocycles. The summed E-state index contributed by atoms with van der Waals surface area (Å²) in [5.41, 5.74) is 1.28. The number of carbonyl (C=O) groups excluding carboxylic acids is 1. The molecule has 1 N–H and O–H groups in total. The molecule has 0 spiro atoms. The lowest BCUT2D eigenvalue weighted by molar-refractivity contribution is -0.129. The van der Waals surface area contributed by atoms with Gasteiger partial charge in [-0.15, -0.1) is 11.8 Å². The van der Waals surface area contributed by atoms with E-state index in [4.69, 9.17) is 0 Å². The lowest BCUT2D eigenvalue weighted by Gasteiger charge is -2.19. The van der Waals surface area contributed by atoms with E-state index in [1.165, 1.54) is 10.5 Å². The van der Waals surface area contributed by atoms with Crippen LogP contribution < -0.4 is 0 Å². The third-order valence-corrected chi connectivity index (χ3v) is 4.55. The molecule has 0 fully saturated rings. The molecule has 98 valence electrons. The van der Waals surface area contributed by atoms with Crippen LogP contribution in [0.2, 0.25) is 0 Å². The molecular formula is C14H15N3OS. The quantitative estimate of drug-likeness (QED) is 0.931. The summed E-state index contributed by atoms with van der Waals surface area (Å²) >= 11 is 1.66. The van der Waals surface area contributed by atoms with Crippen molar-refractivity contribution >= 4 is 17.7 Å². The third kappa shape index (κ3) is 2.51. The van der Waals surface area contributed by atoms with Crippen LogP contribution in [0.3, 0.4) is 0 Å². The van der Waals surface area contributed by atoms with Gasteiger partial charge in [-0.05, 0) is 18.1 Å². The van der Waals surface area contributed by atoms with E-state index in [1.807, 2.05) is 19.2 Å². The van der Waals surface area contributed by atoms with E-state index in [1.54, 1.807) is 29.1 Å². The Morgan fingerprint density at radius 3 is 3.11 bits per heavy atom. The fourth-order valence-electron chi connectivity index (χ4n) is 2.25. The van der Waals surface area contributed by atoms with Gasteiger partial charge in [0.05, 0.1) is 11.8 Å². The average Bonchev–Trinajstić information content (AvgIpc) is 3.05. The summed E-state index contributed by atoms with van der Waals surface area (Å²) in [5, 5.41) is -0.00244. The molecule has 1 unspecified atom stereocenters. The third-order valence-electron chi connectivity index (χ3n) is 3.24. The number of carbonyl (C=O) groups is 1. The van der Waals surface area contributed by atoms with Crippen LogP contribution in [-0.2, 0) is 17.8 Å². The molecule has 3 rings (SSSR count). The van der Waals surface area contributed by atoms with E-state index >= 15 is 0 Å². The predicted octanol–water partition coefficient (Wildman–Crippen LogP) is 2.09. The van der Waals surface area contributed by atoms with Crippen LogP contribution in [0.15, 0.2) is 41.6 Å². The number of amides is 1. The van der Waals surface area contributed by atoms with Crippen LogP contribution in [0, 0.1) is 0 Å². The fraction of sp³-hybridized carbons (Fsp3) is 0.286. The first-order valence-corrected chi connectivity index (χ1v) is 7.10. The highest BCUT2D eigenvalue weighted by Crippen LogP contribution is 2.37. The van der Waals surface area contributed by atoms with Gasteiger partial charge in [0.1, 0.15) is 5.82 Å². The lowest BCUT2D eigenvalue weighted by atomic mass is 10.1. The molecule has 1 atom stereocenters. The number of H-pyrrole nitrogens is 1. The maximum atomic E-state index is 12.4. The summed E-state index contributed by atoms with van der Waals surface area (Å²) < 4.78 is 0. The minimum Gasteiger partial charge on any atom is -0.347 e. The number of imidazole rings is 1. The molecule has 1 aromatic heterocycles. The number of aromatic nitrogens is 2. The largest absolute Gasteiger partial charge is 0.347 e. The van der Waals surface area contributed by atoms with Gasteiger partial charge in [0.2, 0.25) is 5.91 Å². The molecule has 1 amide bonds. The molecule has 1 aromatic carbocycles. The summed E-state index contributed by atoms with van der Waals surface area (Å²) in [6.45, 7) is 0.527. The maximum Gasteiger partial charge on any atom is 0.236 e. The first kappa shape index (κ1) is 12.3. The van der Waals surface area contributed by atoms with Crippen molar-refractivity contribution in [2.45, 2.75) is 23.1 Å². The van der Waals surface area contributed by atoms with Gasteiger partial charge >= 0.3 is 0 Å². The Balaban J connectivity index is 1.66. The van der Waals surface area contributed by atoms with Crippen molar-refractivity contribution < 1.29 is 4.79 Å². The van der Waals surface area contributed by atoms with Crippen molar-refractivity contribution in [3.05, 3.63) is 48.0 Å². The Kier molecular flexibility index (Phi) is 3.29. The van der Waals surface area contributed by atoms with Gasteiger partial charge in [0, 0.05) is 24.3 Å². The fourth-order valence-corrected chi connectivity index (χ4v) is 3.56. The normalized spacial score (nSPS) is 17.2. The number of rotatable bonds is 3. The second-order valence-electron chi connectivity index (χ2n) is 4.65. The van der Waals surface area contributed by atoms with Crippen LogP contribution in [0.25, 0.3) is 0 Å². The minimum absolute atomic E-state index is 0.00244. The highest BCUT2D eigenvalue weighted by Gasteiger charge is 2.30. The number of hydrogen-bond donors (Lipinski definition) is 1. The highest BCUT2D eigenvalue weighted by atomic mass is 32.2. The van der Waals surface area contributed by atoms with Crippen molar-refractivity contribution in [3.63, 3.8) is 0 Å². The molecule has 19 heavy (non-hydrogen) atoms. The molecule has 0 saturated heterocycles. The molecule has 1 aliphatic rings. The van der Waals surface area contributed by atoms with Crippen molar-refractivity contribution in [2.24, 2.45) is 0 Å². The SMILES string of the molecule is CN(Cc1ncc[nH]1)C(=O)C1Cc2ccccc2S1. The number of aromatic amines is 1. The average molecular weight is 273 g/mol. The van der Waals surface area contributed by atoms with Gasteiger partial charge in [0.25, 0.3) is 0 Å². The number of nitrogens with zero attached hydrogens (tertiary/aromatic N) is 2. The van der Waals surface area contributed by atoms with Gasteiger partial charge in [-0.3, -0.25) is 4.79 Å². The molecule has 0 radical (unpaired) electrons. The van der Waals surface area contributed by atoms with Gasteiger partial charge in [-0.25, -0.2) is 4.98 Å². The molecule has 4 nitrogen and oxygen atoms in total. The zero-order valence-electron chi connectivity index (χ0n) is 10.7. The first-order valence-electron chi connectivity index (χ1n) is 6.22. The van der Waals surface area contributed by atoms with Gasteiger partial charge in [-0.1, -0.05) is 18.2 Å². The smallest absolute Gasteiger partial charge is 0.236 e. The molecule has 1 aliphatic heterocycles. The number of nitrogens with one attached hydrogen (secondary N) is 1. The number of hydrogen-bond acceptors (Lipinski definition) is 3. The Morgan fingerprint density at radius 1 is 1.53 bits per heavy atom. The van der Waals surface area contributed by atoms with Crippen LogP contribution in [-0.4, -0.2) is 33.1 Å². The summed E-state index contributed by atoms with van der Waals surface area (Å²) in [4.78, 5) is 22.5. The predicted molar refractivity (Wildman–Crippen MR) is 74.9 cm³/mol. The monoisotopic (exact) mass is 273 g/mol. The second kappa shape index (κ2) is 5.09. The molecular weight excluding hydrogens is 258 g/mol. The Hall–Kier alpha value is -1.75. The Labute approximate surface area is 116 Å². The molecule has 5 heteroatoms. The summed E-state index contributed by atoms with van der Waals surface area (Å²) in [6, 6.07) is 8.23. The zero-order valence-corrected chi connectivity index (χ0v) is 11.5. The van der Waals surface area contributed by atoms with Crippen LogP contribution in [0.1, 0.15) is 11.4 Å². The lowest BCUT2D eigenvalue weighted by Crippen LogP contribution is -2.34. The molecule has 2 aromatic rings. The van der Waals surface area contributed by atoms with Crippen LogP contribution >= 0.6 is 11.8 Å². The van der Waals surface area contributed by atoms with Crippen molar-refractivity contribution in [2.75, 3.05) is 7.05 Å². The van der Waals surface area contributed by atoms with E-state index in [-0.39, 0.29) is 11.2 Å². The Morgan fingerprint density at radius 2 is 2.37 bits per heavy atom. The van der Waals surface area contributed by atoms with E-state index in [0.29, 0.717) is 6.54 Å². The van der Waals surface area contributed by atoms with E-state index in [2.05, 4.69) is 22.1 Å². The number of thioether (sulfide) groups is 1. The molecule has 0 bridgehead atoms. The van der Waals surface area contributed by atoms with Crippen molar-refractivity contribution in [3.8, 4) is 0 Å².